The molecule has 1 aliphatic heterocycles. The number of amides is 1. The van der Waals surface area contributed by atoms with Gasteiger partial charge < -0.3 is 4.90 Å². The Hall–Kier alpha value is -1.73. The highest BCUT2D eigenvalue weighted by Crippen LogP contribution is 2.36. The highest BCUT2D eigenvalue weighted by atomic mass is 32.3. The molecular formula is C15H14FNO3S2. The molecule has 4 nitrogen and oxygen atoms in total. The Balaban J connectivity index is 1.99. The SMILES string of the molecule is O=C1CC(S(=O)(=O)F)CN1C(c1ccccc1)c1cccs1. The van der Waals surface area contributed by atoms with E-state index in [1.807, 2.05) is 47.8 Å². The zero-order valence-electron chi connectivity index (χ0n) is 11.6. The molecule has 2 atom stereocenters. The Kier molecular flexibility index (Phi) is 4.01. The van der Waals surface area contributed by atoms with Crippen molar-refractivity contribution in [3.05, 3.63) is 58.3 Å². The van der Waals surface area contributed by atoms with Crippen LogP contribution >= 0.6 is 11.3 Å². The van der Waals surface area contributed by atoms with E-state index in [1.54, 1.807) is 0 Å². The molecule has 0 bridgehead atoms. The van der Waals surface area contributed by atoms with E-state index in [-0.39, 0.29) is 24.9 Å². The molecule has 1 fully saturated rings. The van der Waals surface area contributed by atoms with Gasteiger partial charge in [-0.3, -0.25) is 4.79 Å². The van der Waals surface area contributed by atoms with Crippen LogP contribution in [0.3, 0.4) is 0 Å². The summed E-state index contributed by atoms with van der Waals surface area (Å²) in [4.78, 5) is 14.6. The van der Waals surface area contributed by atoms with Gasteiger partial charge in [-0.25, -0.2) is 0 Å². The average molecular weight is 339 g/mol. The molecule has 0 saturated carbocycles. The molecule has 7 heteroatoms. The lowest BCUT2D eigenvalue weighted by Crippen LogP contribution is -2.32. The van der Waals surface area contributed by atoms with Gasteiger partial charge in [-0.1, -0.05) is 36.4 Å². The maximum atomic E-state index is 13.2. The average Bonchev–Trinajstić information content (AvgIpc) is 3.11. The van der Waals surface area contributed by atoms with Gasteiger partial charge in [0.15, 0.2) is 0 Å². The van der Waals surface area contributed by atoms with Crippen molar-refractivity contribution in [1.29, 1.82) is 0 Å². The first-order valence-corrected chi connectivity index (χ1v) is 9.11. The largest absolute Gasteiger partial charge is 0.329 e. The number of benzene rings is 1. The number of carbonyl (C=O) groups excluding carboxylic acids is 1. The van der Waals surface area contributed by atoms with E-state index in [4.69, 9.17) is 0 Å². The van der Waals surface area contributed by atoms with Crippen LogP contribution in [0, 0.1) is 0 Å². The van der Waals surface area contributed by atoms with E-state index in [0.29, 0.717) is 0 Å². The van der Waals surface area contributed by atoms with E-state index >= 15 is 0 Å². The lowest BCUT2D eigenvalue weighted by molar-refractivity contribution is -0.129. The first-order chi connectivity index (χ1) is 10.5. The van der Waals surface area contributed by atoms with E-state index in [2.05, 4.69) is 0 Å². The molecule has 0 aliphatic carbocycles. The quantitative estimate of drug-likeness (QED) is 0.805. The predicted octanol–water partition coefficient (Wildman–Crippen LogP) is 2.74. The molecule has 22 heavy (non-hydrogen) atoms. The summed E-state index contributed by atoms with van der Waals surface area (Å²) in [7, 11) is -4.71. The predicted molar refractivity (Wildman–Crippen MR) is 82.7 cm³/mol. The molecule has 2 unspecified atom stereocenters. The second kappa shape index (κ2) is 5.81. The fraction of sp³-hybridized carbons (Fsp3) is 0.267. The number of halogens is 1. The van der Waals surface area contributed by atoms with Crippen LogP contribution in [-0.2, 0) is 15.0 Å². The molecule has 1 saturated heterocycles. The van der Waals surface area contributed by atoms with E-state index in [1.165, 1.54) is 16.2 Å². The van der Waals surface area contributed by atoms with Crippen LogP contribution in [-0.4, -0.2) is 31.0 Å². The minimum atomic E-state index is -4.71. The van der Waals surface area contributed by atoms with Crippen molar-refractivity contribution in [2.45, 2.75) is 17.7 Å². The van der Waals surface area contributed by atoms with Crippen molar-refractivity contribution in [2.75, 3.05) is 6.54 Å². The topological polar surface area (TPSA) is 54.5 Å². The third-order valence-electron chi connectivity index (χ3n) is 3.76. The third-order valence-corrected chi connectivity index (χ3v) is 5.80. The normalized spacial score (nSPS) is 20.3. The highest BCUT2D eigenvalue weighted by Gasteiger charge is 2.42. The van der Waals surface area contributed by atoms with E-state index in [9.17, 15) is 17.1 Å². The summed E-state index contributed by atoms with van der Waals surface area (Å²) < 4.78 is 35.5. The first-order valence-electron chi connectivity index (χ1n) is 6.78. The minimum Gasteiger partial charge on any atom is -0.329 e. The van der Waals surface area contributed by atoms with Gasteiger partial charge in [-0.15, -0.1) is 15.2 Å². The van der Waals surface area contributed by atoms with Gasteiger partial charge in [-0.05, 0) is 17.0 Å². The minimum absolute atomic E-state index is 0.116. The molecule has 0 spiro atoms. The van der Waals surface area contributed by atoms with Crippen molar-refractivity contribution in [3.63, 3.8) is 0 Å². The monoisotopic (exact) mass is 339 g/mol. The van der Waals surface area contributed by atoms with Gasteiger partial charge in [0.2, 0.25) is 5.91 Å². The number of hydrogen-bond donors (Lipinski definition) is 0. The first kappa shape index (κ1) is 15.2. The smallest absolute Gasteiger partial charge is 0.307 e. The van der Waals surface area contributed by atoms with Crippen LogP contribution < -0.4 is 0 Å². The lowest BCUT2D eigenvalue weighted by Gasteiger charge is -2.27. The fourth-order valence-corrected chi connectivity index (χ4v) is 4.26. The van der Waals surface area contributed by atoms with E-state index in [0.717, 1.165) is 10.4 Å². The summed E-state index contributed by atoms with van der Waals surface area (Å²) in [5.41, 5.74) is 0.884. The number of hydrogen-bond acceptors (Lipinski definition) is 4. The van der Waals surface area contributed by atoms with Crippen molar-refractivity contribution in [3.8, 4) is 0 Å². The molecule has 116 valence electrons. The van der Waals surface area contributed by atoms with Crippen molar-refractivity contribution < 1.29 is 17.1 Å². The highest BCUT2D eigenvalue weighted by molar-refractivity contribution is 7.87. The molecule has 1 aromatic carbocycles. The van der Waals surface area contributed by atoms with Gasteiger partial charge in [0, 0.05) is 17.8 Å². The zero-order chi connectivity index (χ0) is 15.7. The summed E-state index contributed by atoms with van der Waals surface area (Å²) in [6, 6.07) is 12.8. The number of rotatable bonds is 4. The second-order valence-electron chi connectivity index (χ2n) is 5.18. The Morgan fingerprint density at radius 3 is 2.45 bits per heavy atom. The Bertz CT molecular complexity index is 759. The second-order valence-corrected chi connectivity index (χ2v) is 7.77. The van der Waals surface area contributed by atoms with Crippen molar-refractivity contribution in [2.24, 2.45) is 0 Å². The Labute approximate surface area is 132 Å². The van der Waals surface area contributed by atoms with Crippen LogP contribution in [0.2, 0.25) is 0 Å². The molecule has 0 N–H and O–H groups in total. The maximum Gasteiger partial charge on any atom is 0.307 e. The number of carbonyl (C=O) groups is 1. The third kappa shape index (κ3) is 2.91. The Morgan fingerprint density at radius 2 is 1.91 bits per heavy atom. The standard InChI is InChI=1S/C15H14FNO3S2/c16-22(19,20)12-9-14(18)17(10-12)15(13-7-4-8-21-13)11-5-2-1-3-6-11/h1-8,12,15H,9-10H2. The molecule has 1 aromatic heterocycles. The van der Waals surface area contributed by atoms with Crippen LogP contribution in [0.4, 0.5) is 3.89 Å². The molecule has 2 aromatic rings. The molecular weight excluding hydrogens is 325 g/mol. The fourth-order valence-electron chi connectivity index (χ4n) is 2.72. The van der Waals surface area contributed by atoms with E-state index < -0.39 is 15.5 Å². The van der Waals surface area contributed by atoms with Gasteiger partial charge in [0.05, 0.1) is 6.04 Å². The molecule has 1 amide bonds. The van der Waals surface area contributed by atoms with Gasteiger partial charge >= 0.3 is 10.2 Å². The van der Waals surface area contributed by atoms with Gasteiger partial charge in [0.25, 0.3) is 0 Å². The molecule has 1 aliphatic rings. The molecule has 2 heterocycles. The maximum absolute atomic E-state index is 13.2. The van der Waals surface area contributed by atoms with Crippen molar-refractivity contribution >= 4 is 27.5 Å². The number of thiophene rings is 1. The molecule has 0 radical (unpaired) electrons. The van der Waals surface area contributed by atoms with Gasteiger partial charge in [0.1, 0.15) is 5.25 Å². The summed E-state index contributed by atoms with van der Waals surface area (Å²) in [5, 5.41) is 0.626. The summed E-state index contributed by atoms with van der Waals surface area (Å²) >= 11 is 1.49. The zero-order valence-corrected chi connectivity index (χ0v) is 13.2. The summed E-state index contributed by atoms with van der Waals surface area (Å²) in [5.74, 6) is -0.339. The lowest BCUT2D eigenvalue weighted by atomic mass is 10.0. The number of likely N-dealkylation sites (tertiary alicyclic amines) is 1. The van der Waals surface area contributed by atoms with Crippen molar-refractivity contribution in [1.82, 2.24) is 4.90 Å². The Morgan fingerprint density at radius 1 is 1.18 bits per heavy atom. The van der Waals surface area contributed by atoms with Crippen LogP contribution in [0.25, 0.3) is 0 Å². The van der Waals surface area contributed by atoms with Gasteiger partial charge in [-0.2, -0.15) is 8.42 Å². The summed E-state index contributed by atoms with van der Waals surface area (Å²) in [6.07, 6.45) is -0.298. The van der Waals surface area contributed by atoms with Crippen LogP contribution in [0.5, 0.6) is 0 Å². The number of nitrogens with zero attached hydrogens (tertiary/aromatic N) is 1. The summed E-state index contributed by atoms with van der Waals surface area (Å²) in [6.45, 7) is -0.116. The van der Waals surface area contributed by atoms with Crippen LogP contribution in [0.1, 0.15) is 22.9 Å². The van der Waals surface area contributed by atoms with Crippen LogP contribution in [0.15, 0.2) is 47.8 Å². The molecule has 3 rings (SSSR count).